The van der Waals surface area contributed by atoms with Crippen LogP contribution in [0.5, 0.6) is 0 Å². The zero-order valence-electron chi connectivity index (χ0n) is 17.4. The number of thioether (sulfide) groups is 1. The minimum Gasteiger partial charge on any atom is -0.355 e. The van der Waals surface area contributed by atoms with Crippen LogP contribution < -0.4 is 10.9 Å². The molecule has 3 rings (SSSR count). The molecule has 5 nitrogen and oxygen atoms in total. The molecule has 1 aromatic heterocycles. The van der Waals surface area contributed by atoms with E-state index in [0.29, 0.717) is 11.6 Å². The number of halogens is 1. The summed E-state index contributed by atoms with van der Waals surface area (Å²) in [6, 6.07) is 7.03. The largest absolute Gasteiger partial charge is 0.355 e. The van der Waals surface area contributed by atoms with E-state index in [4.69, 9.17) is 11.6 Å². The third-order valence-electron chi connectivity index (χ3n) is 5.45. The summed E-state index contributed by atoms with van der Waals surface area (Å²) in [4.78, 5) is 27.8. The zero-order valence-corrected chi connectivity index (χ0v) is 19.0. The van der Waals surface area contributed by atoms with E-state index < -0.39 is 0 Å². The first-order valence-electron chi connectivity index (χ1n) is 10.2. The van der Waals surface area contributed by atoms with E-state index in [1.165, 1.54) is 18.2 Å². The maximum absolute atomic E-state index is 12.3. The van der Waals surface area contributed by atoms with Crippen LogP contribution in [0.1, 0.15) is 26.7 Å². The number of likely N-dealkylation sites (tertiary alicyclic amines) is 1. The number of carbonyl (C=O) groups is 1. The number of aromatic nitrogens is 1. The molecule has 1 saturated heterocycles. The number of hydrogen-bond donors (Lipinski definition) is 1. The number of fused-ring (bicyclic) bond motifs is 1. The lowest BCUT2D eigenvalue weighted by atomic mass is 9.92. The van der Waals surface area contributed by atoms with Crippen LogP contribution in [0, 0.1) is 11.8 Å². The molecule has 2 heterocycles. The zero-order chi connectivity index (χ0) is 21.0. The van der Waals surface area contributed by atoms with Crippen molar-refractivity contribution in [2.75, 3.05) is 31.9 Å². The van der Waals surface area contributed by atoms with Gasteiger partial charge in [0.1, 0.15) is 0 Å². The van der Waals surface area contributed by atoms with Gasteiger partial charge in [-0.2, -0.15) is 0 Å². The summed E-state index contributed by atoms with van der Waals surface area (Å²) in [7, 11) is 1.74. The van der Waals surface area contributed by atoms with Crippen molar-refractivity contribution in [3.63, 3.8) is 0 Å². The lowest BCUT2D eigenvalue weighted by Crippen LogP contribution is -2.40. The van der Waals surface area contributed by atoms with Gasteiger partial charge in [-0.25, -0.2) is 0 Å². The average molecular weight is 436 g/mol. The maximum Gasteiger partial charge on any atom is 0.251 e. The number of amides is 1. The third-order valence-corrected chi connectivity index (χ3v) is 6.74. The second-order valence-electron chi connectivity index (χ2n) is 8.27. The van der Waals surface area contributed by atoms with E-state index in [9.17, 15) is 9.59 Å². The number of pyridine rings is 1. The Bertz CT molecular complexity index is 920. The van der Waals surface area contributed by atoms with Crippen molar-refractivity contribution in [2.24, 2.45) is 18.9 Å². The van der Waals surface area contributed by atoms with Gasteiger partial charge in [0.05, 0.1) is 11.3 Å². The Morgan fingerprint density at radius 1 is 1.24 bits per heavy atom. The summed E-state index contributed by atoms with van der Waals surface area (Å²) in [5.74, 6) is 1.79. The van der Waals surface area contributed by atoms with Gasteiger partial charge in [-0.05, 0) is 49.4 Å². The molecule has 2 atom stereocenters. The Hall–Kier alpha value is -1.50. The first-order chi connectivity index (χ1) is 13.8. The molecule has 1 aromatic carbocycles. The number of hydrogen-bond acceptors (Lipinski definition) is 4. The van der Waals surface area contributed by atoms with Gasteiger partial charge in [0.2, 0.25) is 5.91 Å². The van der Waals surface area contributed by atoms with E-state index in [1.807, 2.05) is 12.1 Å². The Labute approximate surface area is 181 Å². The predicted molar refractivity (Wildman–Crippen MR) is 122 cm³/mol. The van der Waals surface area contributed by atoms with Gasteiger partial charge in [-0.3, -0.25) is 9.59 Å². The van der Waals surface area contributed by atoms with Gasteiger partial charge in [-0.15, -0.1) is 11.8 Å². The molecule has 0 radical (unpaired) electrons. The van der Waals surface area contributed by atoms with Crippen LogP contribution in [0.3, 0.4) is 0 Å². The van der Waals surface area contributed by atoms with Crippen molar-refractivity contribution < 1.29 is 4.79 Å². The van der Waals surface area contributed by atoms with Crippen LogP contribution in [0.25, 0.3) is 10.9 Å². The average Bonchev–Trinajstić information content (AvgIpc) is 2.66. The van der Waals surface area contributed by atoms with Gasteiger partial charge in [-0.1, -0.05) is 25.4 Å². The van der Waals surface area contributed by atoms with Crippen LogP contribution in [-0.4, -0.2) is 47.3 Å². The second-order valence-corrected chi connectivity index (χ2v) is 9.72. The fraction of sp³-hybridized carbons (Fsp3) is 0.545. The number of aryl methyl sites for hydroxylation is 1. The van der Waals surface area contributed by atoms with E-state index in [1.54, 1.807) is 23.7 Å². The van der Waals surface area contributed by atoms with Crippen LogP contribution in [0.2, 0.25) is 5.02 Å². The van der Waals surface area contributed by atoms with Crippen LogP contribution >= 0.6 is 23.4 Å². The topological polar surface area (TPSA) is 54.3 Å². The Morgan fingerprint density at radius 2 is 1.97 bits per heavy atom. The maximum atomic E-state index is 12.3. The lowest BCUT2D eigenvalue weighted by Gasteiger charge is -2.34. The van der Waals surface area contributed by atoms with Crippen molar-refractivity contribution in [3.8, 4) is 0 Å². The number of nitrogens with one attached hydrogen (secondary N) is 1. The van der Waals surface area contributed by atoms with Crippen molar-refractivity contribution >= 4 is 40.2 Å². The molecule has 0 aliphatic carbocycles. The molecule has 0 spiro atoms. The van der Waals surface area contributed by atoms with E-state index in [-0.39, 0.29) is 17.2 Å². The summed E-state index contributed by atoms with van der Waals surface area (Å²) >= 11 is 7.51. The first kappa shape index (κ1) is 22.2. The molecule has 1 fully saturated rings. The van der Waals surface area contributed by atoms with Gasteiger partial charge in [0, 0.05) is 48.1 Å². The molecule has 1 amide bonds. The summed E-state index contributed by atoms with van der Waals surface area (Å²) in [5.41, 5.74) is 0.725. The third kappa shape index (κ3) is 6.00. The highest BCUT2D eigenvalue weighted by molar-refractivity contribution is 8.00. The van der Waals surface area contributed by atoms with Crippen molar-refractivity contribution in [1.82, 2.24) is 14.8 Å². The van der Waals surface area contributed by atoms with Crippen LogP contribution in [-0.2, 0) is 11.8 Å². The normalized spacial score (nSPS) is 20.1. The van der Waals surface area contributed by atoms with Crippen molar-refractivity contribution in [3.05, 3.63) is 39.6 Å². The van der Waals surface area contributed by atoms with E-state index >= 15 is 0 Å². The molecule has 2 unspecified atom stereocenters. The molecule has 1 aliphatic rings. The van der Waals surface area contributed by atoms with Gasteiger partial charge < -0.3 is 14.8 Å². The fourth-order valence-electron chi connectivity index (χ4n) is 4.22. The predicted octanol–water partition coefficient (Wildman–Crippen LogP) is 3.77. The Kier molecular flexibility index (Phi) is 7.66. The van der Waals surface area contributed by atoms with Crippen LogP contribution in [0.15, 0.2) is 34.0 Å². The molecule has 7 heteroatoms. The van der Waals surface area contributed by atoms with Gasteiger partial charge in [0.15, 0.2) is 0 Å². The van der Waals surface area contributed by atoms with E-state index in [2.05, 4.69) is 24.1 Å². The molecule has 0 saturated carbocycles. The number of carbonyl (C=O) groups excluding carboxylic acids is 1. The summed E-state index contributed by atoms with van der Waals surface area (Å²) in [5, 5.41) is 4.51. The summed E-state index contributed by atoms with van der Waals surface area (Å²) < 4.78 is 1.60. The van der Waals surface area contributed by atoms with E-state index in [0.717, 1.165) is 53.7 Å². The molecular weight excluding hydrogens is 406 g/mol. The second kappa shape index (κ2) is 10.0. The fourth-order valence-corrected chi connectivity index (χ4v) is 5.29. The SMILES string of the molecule is CC1CC(C)CN(CCCNC(=O)CSc2cc(=O)n(C)c3ccc(Cl)cc23)C1. The molecular formula is C22H30ClN3O2S. The number of rotatable bonds is 7. The number of piperidine rings is 1. The van der Waals surface area contributed by atoms with Crippen molar-refractivity contribution in [2.45, 2.75) is 31.6 Å². The number of benzene rings is 1. The highest BCUT2D eigenvalue weighted by Crippen LogP contribution is 2.28. The van der Waals surface area contributed by atoms with Crippen LogP contribution in [0.4, 0.5) is 0 Å². The number of nitrogens with zero attached hydrogens (tertiary/aromatic N) is 2. The summed E-state index contributed by atoms with van der Waals surface area (Å²) in [6.45, 7) is 8.66. The smallest absolute Gasteiger partial charge is 0.251 e. The summed E-state index contributed by atoms with van der Waals surface area (Å²) in [6.07, 6.45) is 2.27. The van der Waals surface area contributed by atoms with Gasteiger partial charge in [0.25, 0.3) is 5.56 Å². The van der Waals surface area contributed by atoms with Gasteiger partial charge >= 0.3 is 0 Å². The minimum atomic E-state index is -0.0901. The first-order valence-corrected chi connectivity index (χ1v) is 11.6. The minimum absolute atomic E-state index is 0.00812. The molecule has 2 aromatic rings. The molecule has 29 heavy (non-hydrogen) atoms. The molecule has 0 bridgehead atoms. The quantitative estimate of drug-likeness (QED) is 0.531. The monoisotopic (exact) mass is 435 g/mol. The molecule has 158 valence electrons. The highest BCUT2D eigenvalue weighted by atomic mass is 35.5. The standard InChI is InChI=1S/C22H30ClN3O2S/c1-15-9-16(2)13-26(12-15)8-4-7-24-21(27)14-29-20-11-22(28)25(3)19-6-5-17(23)10-18(19)20/h5-6,10-11,15-16H,4,7-9,12-14H2,1-3H3,(H,24,27). The highest BCUT2D eigenvalue weighted by Gasteiger charge is 2.21. The molecule has 1 aliphatic heterocycles. The van der Waals surface area contributed by atoms with Crippen molar-refractivity contribution in [1.29, 1.82) is 0 Å². The Balaban J connectivity index is 1.49. The Morgan fingerprint density at radius 3 is 2.69 bits per heavy atom. The molecule has 1 N–H and O–H groups in total. The lowest BCUT2D eigenvalue weighted by molar-refractivity contribution is -0.118.